The van der Waals surface area contributed by atoms with E-state index in [1.165, 1.54) is 128 Å². The van der Waals surface area contributed by atoms with Crippen LogP contribution < -0.4 is 22.0 Å². The number of fused-ring (bicyclic) bond motifs is 2. The zero-order valence-corrected chi connectivity index (χ0v) is 70.7. The highest BCUT2D eigenvalue weighted by molar-refractivity contribution is 7.88. The minimum absolute atomic E-state index is 0.0515. The van der Waals surface area contributed by atoms with Crippen LogP contribution in [0.3, 0.4) is 0 Å². The van der Waals surface area contributed by atoms with Gasteiger partial charge in [-0.1, -0.05) is 157 Å². The second kappa shape index (κ2) is 38.3. The molecule has 129 heavy (non-hydrogen) atoms. The standard InChI is InChI=1S/2C25H17F2NO4S.C23H18F2N2O5S.C22H17F2NO4S/c26-20-8-4-9-21(27)24(20)25-28-22(15-31-25)17-11-13-18(14-12-17)32-33(29,30)23-10-3-6-16-5-1-2-7-19(16)23;26-21-6-3-7-22(27)24(21)25-28-23(15-31-25)17-8-11-19(12-9-17)32-33(29,30)20-13-10-16-4-1-2-5-18(16)14-20;1-14(28)26-16-7-11-18(12-8-16)33(29,30)32-17-9-5-15(6-10-17)21-13-31-23(27-21)22-19(24)3-2-4-20(22)25;1-14-5-11-17(12-6-14)30(26,27)29-16-9-7-15(8-10-16)20-13-28-22(25-20)21-18(23)3-2-4-19(21)24/h1-14,22H,15H2;1-14,23H,15H2;2-12,21H,13H2,1H3,(H,26,28);2-12,20H,13H2,1H3. The molecule has 4 aliphatic rings. The van der Waals surface area contributed by atoms with E-state index in [0.717, 1.165) is 70.3 Å². The largest absolute Gasteiger partial charge is 0.475 e. The van der Waals surface area contributed by atoms with Gasteiger partial charge in [0.05, 0.1) is 0 Å². The molecular weight excluding hydrogens is 1760 g/mol. The molecule has 1 amide bonds. The van der Waals surface area contributed by atoms with Crippen molar-refractivity contribution >= 4 is 97.2 Å². The van der Waals surface area contributed by atoms with Gasteiger partial charge in [0.1, 0.15) is 162 Å². The molecule has 0 saturated carbocycles. The number of ether oxygens (including phenoxy) is 4. The Labute approximate surface area is 734 Å². The summed E-state index contributed by atoms with van der Waals surface area (Å²) in [6.07, 6.45) is 0. The highest BCUT2D eigenvalue weighted by atomic mass is 32.2. The van der Waals surface area contributed by atoms with Crippen LogP contribution in [-0.2, 0) is 64.2 Å². The summed E-state index contributed by atoms with van der Waals surface area (Å²) in [6, 6.07) is 73.4. The van der Waals surface area contributed by atoms with Crippen LogP contribution in [0.1, 0.15) is 81.2 Å². The van der Waals surface area contributed by atoms with Crippen molar-refractivity contribution in [3.8, 4) is 23.0 Å². The van der Waals surface area contributed by atoms with Crippen molar-refractivity contribution in [2.75, 3.05) is 31.7 Å². The number of nitrogens with zero attached hydrogens (tertiary/aromatic N) is 4. The summed E-state index contributed by atoms with van der Waals surface area (Å²) >= 11 is 0. The molecule has 0 aromatic heterocycles. The van der Waals surface area contributed by atoms with E-state index in [2.05, 4.69) is 25.3 Å². The third kappa shape index (κ3) is 21.1. The molecule has 34 heteroatoms. The number of benzene rings is 14. The number of aryl methyl sites for hydroxylation is 1. The monoisotopic (exact) mass is 1830 g/mol. The molecule has 0 saturated heterocycles. The van der Waals surface area contributed by atoms with Gasteiger partial charge in [-0.3, -0.25) is 4.79 Å². The first-order chi connectivity index (χ1) is 61.9. The number of amides is 1. The Morgan fingerprint density at radius 1 is 0.310 bits per heavy atom. The topological polar surface area (TPSA) is 289 Å². The molecule has 0 bridgehead atoms. The molecule has 14 aromatic rings. The summed E-state index contributed by atoms with van der Waals surface area (Å²) in [6.45, 7) is 3.63. The Morgan fingerprint density at radius 3 is 0.930 bits per heavy atom. The van der Waals surface area contributed by atoms with Gasteiger partial charge in [-0.25, -0.2) is 55.1 Å². The minimum Gasteiger partial charge on any atom is -0.475 e. The second-order valence-electron chi connectivity index (χ2n) is 28.9. The van der Waals surface area contributed by atoms with Gasteiger partial charge in [0, 0.05) is 18.0 Å². The van der Waals surface area contributed by atoms with Crippen LogP contribution in [0.4, 0.5) is 40.8 Å². The number of carbonyl (C=O) groups is 1. The minimum atomic E-state index is -4.09. The average molecular weight is 1830 g/mol. The fourth-order valence-electron chi connectivity index (χ4n) is 13.6. The fourth-order valence-corrected chi connectivity index (χ4v) is 17.5. The number of carbonyl (C=O) groups excluding carboxylic acids is 1. The normalized spacial score (nSPS) is 15.8. The molecule has 656 valence electrons. The van der Waals surface area contributed by atoms with Crippen LogP contribution in [0, 0.1) is 53.5 Å². The Hall–Kier alpha value is -14.6. The summed E-state index contributed by atoms with van der Waals surface area (Å²) in [5.74, 6) is -6.27. The van der Waals surface area contributed by atoms with Gasteiger partial charge >= 0.3 is 40.5 Å². The van der Waals surface area contributed by atoms with Crippen LogP contribution in [0.5, 0.6) is 23.0 Å². The first-order valence-corrected chi connectivity index (χ1v) is 44.7. The first kappa shape index (κ1) is 89.2. The maximum Gasteiger partial charge on any atom is 0.339 e. The smallest absolute Gasteiger partial charge is 0.339 e. The molecular formula is C95H69F8N5O17S4. The Kier molecular flexibility index (Phi) is 26.5. The van der Waals surface area contributed by atoms with Crippen molar-refractivity contribution in [3.63, 3.8) is 0 Å². The molecule has 14 aromatic carbocycles. The predicted molar refractivity (Wildman–Crippen MR) is 463 cm³/mol. The van der Waals surface area contributed by atoms with Gasteiger partial charge in [-0.05, 0) is 197 Å². The molecule has 4 heterocycles. The van der Waals surface area contributed by atoms with Crippen molar-refractivity contribution in [3.05, 3.63) is 400 Å². The van der Waals surface area contributed by atoms with Gasteiger partial charge in [-0.15, -0.1) is 0 Å². The van der Waals surface area contributed by atoms with E-state index < -0.39 is 111 Å². The highest BCUT2D eigenvalue weighted by Gasteiger charge is 2.33. The zero-order chi connectivity index (χ0) is 90.9. The van der Waals surface area contributed by atoms with E-state index >= 15 is 0 Å². The number of hydrogen-bond acceptors (Lipinski definition) is 21. The van der Waals surface area contributed by atoms with E-state index in [0.29, 0.717) is 33.3 Å². The maximum atomic E-state index is 14.0. The average Bonchev–Trinajstić information content (AvgIpc) is 1.76. The van der Waals surface area contributed by atoms with Gasteiger partial charge in [0.15, 0.2) is 0 Å². The molecule has 4 aliphatic heterocycles. The van der Waals surface area contributed by atoms with E-state index in [1.54, 1.807) is 91.0 Å². The van der Waals surface area contributed by atoms with E-state index in [4.69, 9.17) is 35.7 Å². The summed E-state index contributed by atoms with van der Waals surface area (Å²) in [5.41, 5.74) is 2.90. The van der Waals surface area contributed by atoms with Crippen molar-refractivity contribution < 1.29 is 109 Å². The number of aliphatic imine (C=N–C) groups is 4. The summed E-state index contributed by atoms with van der Waals surface area (Å²) in [5, 5.41) is 5.63. The Bertz CT molecular complexity index is 7120. The molecule has 0 radical (unpaired) electrons. The molecule has 4 unspecified atom stereocenters. The van der Waals surface area contributed by atoms with Crippen LogP contribution >= 0.6 is 0 Å². The predicted octanol–water partition coefficient (Wildman–Crippen LogP) is 19.6. The summed E-state index contributed by atoms with van der Waals surface area (Å²) in [7, 11) is -16.1. The summed E-state index contributed by atoms with van der Waals surface area (Å²) < 4.78 is 255. The number of rotatable bonds is 21. The third-order valence-corrected chi connectivity index (χ3v) is 25.1. The molecule has 22 nitrogen and oxygen atoms in total. The molecule has 0 spiro atoms. The van der Waals surface area contributed by atoms with Crippen LogP contribution in [0.15, 0.2) is 343 Å². The lowest BCUT2D eigenvalue weighted by Gasteiger charge is -2.11. The van der Waals surface area contributed by atoms with Gasteiger partial charge in [0.25, 0.3) is 0 Å². The number of halogens is 8. The SMILES string of the molecule is CC(=O)Nc1ccc(S(=O)(=O)Oc2ccc(C3COC(c4c(F)cccc4F)=N3)cc2)cc1.Cc1ccc(S(=O)(=O)Oc2ccc(C3COC(c4c(F)cccc4F)=N3)cc2)cc1.O=S(=O)(Oc1ccc(C2COC(c3c(F)cccc3F)=N2)cc1)c1ccc2ccccc2c1.O=S(=O)(Oc1ccc(C2COC(c3c(F)cccc3F)=N2)cc1)c1cccc2ccccc12. The lowest BCUT2D eigenvalue weighted by Crippen LogP contribution is -2.10. The summed E-state index contributed by atoms with van der Waals surface area (Å²) in [4.78, 5) is 28.3. The quantitative estimate of drug-likeness (QED) is 0.0516. The van der Waals surface area contributed by atoms with Crippen molar-refractivity contribution in [2.24, 2.45) is 20.0 Å². The molecule has 18 rings (SSSR count). The highest BCUT2D eigenvalue weighted by Crippen LogP contribution is 2.37. The number of anilines is 1. The van der Waals surface area contributed by atoms with Gasteiger partial charge in [-0.2, -0.15) is 33.7 Å². The van der Waals surface area contributed by atoms with Crippen molar-refractivity contribution in [1.29, 1.82) is 0 Å². The Morgan fingerprint density at radius 2 is 0.589 bits per heavy atom. The second-order valence-corrected chi connectivity index (χ2v) is 35.0. The number of hydrogen-bond donors (Lipinski definition) is 1. The van der Waals surface area contributed by atoms with Gasteiger partial charge in [0.2, 0.25) is 29.5 Å². The van der Waals surface area contributed by atoms with E-state index in [-0.39, 0.29) is 121 Å². The maximum absolute atomic E-state index is 14.0. The Balaban J connectivity index is 0.000000132. The third-order valence-electron chi connectivity index (χ3n) is 20.0. The van der Waals surface area contributed by atoms with Crippen molar-refractivity contribution in [1.82, 2.24) is 0 Å². The first-order valence-electron chi connectivity index (χ1n) is 39.1. The number of nitrogens with one attached hydrogen (secondary N) is 1. The van der Waals surface area contributed by atoms with E-state index in [9.17, 15) is 73.6 Å². The van der Waals surface area contributed by atoms with E-state index in [1.807, 2.05) is 49.4 Å². The van der Waals surface area contributed by atoms with Crippen LogP contribution in [0.25, 0.3) is 21.5 Å². The lowest BCUT2D eigenvalue weighted by atomic mass is 10.1. The van der Waals surface area contributed by atoms with Crippen LogP contribution in [0.2, 0.25) is 0 Å². The zero-order valence-electron chi connectivity index (χ0n) is 67.4. The van der Waals surface area contributed by atoms with Crippen molar-refractivity contribution in [2.45, 2.75) is 57.6 Å². The molecule has 0 aliphatic carbocycles. The van der Waals surface area contributed by atoms with Gasteiger partial charge < -0.3 is 41.0 Å². The molecule has 1 N–H and O–H groups in total. The lowest BCUT2D eigenvalue weighted by molar-refractivity contribution is -0.114. The fraction of sp³-hybridized carbons (Fsp3) is 0.105. The molecule has 4 atom stereocenters. The van der Waals surface area contributed by atoms with Crippen LogP contribution in [-0.4, -0.2) is 89.6 Å². The molecule has 0 fully saturated rings.